The van der Waals surface area contributed by atoms with Crippen molar-refractivity contribution in [2.45, 2.75) is 19.9 Å². The van der Waals surface area contributed by atoms with Gasteiger partial charge in [-0.25, -0.2) is 9.97 Å². The number of aromatic nitrogens is 2. The van der Waals surface area contributed by atoms with Gasteiger partial charge in [-0.1, -0.05) is 30.3 Å². The Morgan fingerprint density at radius 1 is 1.12 bits per heavy atom. The summed E-state index contributed by atoms with van der Waals surface area (Å²) in [5.41, 5.74) is 1.60. The summed E-state index contributed by atoms with van der Waals surface area (Å²) >= 11 is 0. The zero-order chi connectivity index (χ0) is 18.2. The first kappa shape index (κ1) is 18.9. The number of aryl methyl sites for hydroxylation is 1. The predicted octanol–water partition coefficient (Wildman–Crippen LogP) is 2.10. The molecule has 0 aliphatic heterocycles. The molecule has 0 atom stereocenters. The molecule has 0 radical (unpaired) electrons. The van der Waals surface area contributed by atoms with Crippen molar-refractivity contribution in [3.8, 4) is 0 Å². The fourth-order valence-corrected chi connectivity index (χ4v) is 2.49. The van der Waals surface area contributed by atoms with Crippen molar-refractivity contribution in [1.29, 1.82) is 0 Å². The van der Waals surface area contributed by atoms with Gasteiger partial charge in [-0.05, 0) is 39.5 Å². The summed E-state index contributed by atoms with van der Waals surface area (Å²) in [6, 6.07) is 11.9. The van der Waals surface area contributed by atoms with E-state index in [0.717, 1.165) is 25.3 Å². The first-order valence-corrected chi connectivity index (χ1v) is 8.49. The standard InChI is InChI=1S/C19H27N5O/c1-15-21-17(19(25)20-11-8-12-23(2)3)13-18(22-15)24(4)14-16-9-6-5-7-10-16/h5-7,9-10,13H,8,11-12,14H2,1-4H3,(H,20,25). The van der Waals surface area contributed by atoms with E-state index in [1.165, 1.54) is 5.56 Å². The van der Waals surface area contributed by atoms with E-state index in [2.05, 4.69) is 32.3 Å². The Hall–Kier alpha value is -2.47. The summed E-state index contributed by atoms with van der Waals surface area (Å²) in [6.45, 7) is 4.10. The van der Waals surface area contributed by atoms with Crippen LogP contribution in [-0.4, -0.2) is 55.0 Å². The lowest BCUT2D eigenvalue weighted by Gasteiger charge is -2.19. The number of hydrogen-bond donors (Lipinski definition) is 1. The summed E-state index contributed by atoms with van der Waals surface area (Å²) in [4.78, 5) is 25.2. The van der Waals surface area contributed by atoms with Crippen LogP contribution in [0.5, 0.6) is 0 Å². The van der Waals surface area contributed by atoms with Crippen molar-refractivity contribution in [3.63, 3.8) is 0 Å². The Bertz CT molecular complexity index is 687. The van der Waals surface area contributed by atoms with Crippen molar-refractivity contribution in [2.75, 3.05) is 39.1 Å². The maximum absolute atomic E-state index is 12.3. The molecule has 0 aliphatic carbocycles. The Morgan fingerprint density at radius 3 is 2.52 bits per heavy atom. The summed E-state index contributed by atoms with van der Waals surface area (Å²) in [6.07, 6.45) is 0.906. The number of hydrogen-bond acceptors (Lipinski definition) is 5. The molecule has 1 aromatic carbocycles. The number of amides is 1. The van der Waals surface area contributed by atoms with Gasteiger partial charge in [-0.15, -0.1) is 0 Å². The van der Waals surface area contributed by atoms with Gasteiger partial charge >= 0.3 is 0 Å². The van der Waals surface area contributed by atoms with E-state index in [1.807, 2.05) is 51.2 Å². The molecule has 0 saturated heterocycles. The van der Waals surface area contributed by atoms with E-state index in [0.29, 0.717) is 18.1 Å². The minimum absolute atomic E-state index is 0.154. The van der Waals surface area contributed by atoms with Gasteiger partial charge in [0.1, 0.15) is 17.3 Å². The summed E-state index contributed by atoms with van der Waals surface area (Å²) in [5.74, 6) is 1.18. The van der Waals surface area contributed by atoms with E-state index in [9.17, 15) is 4.79 Å². The normalized spacial score (nSPS) is 10.8. The minimum atomic E-state index is -0.154. The lowest BCUT2D eigenvalue weighted by Crippen LogP contribution is -2.28. The quantitative estimate of drug-likeness (QED) is 0.745. The van der Waals surface area contributed by atoms with Crippen molar-refractivity contribution in [1.82, 2.24) is 20.2 Å². The monoisotopic (exact) mass is 341 g/mol. The van der Waals surface area contributed by atoms with Crippen LogP contribution in [0.2, 0.25) is 0 Å². The lowest BCUT2D eigenvalue weighted by molar-refractivity contribution is 0.0947. The number of nitrogens with one attached hydrogen (secondary N) is 1. The second-order valence-corrected chi connectivity index (χ2v) is 6.41. The molecule has 0 unspecified atom stereocenters. The van der Waals surface area contributed by atoms with Gasteiger partial charge in [0.2, 0.25) is 0 Å². The topological polar surface area (TPSA) is 61.4 Å². The Morgan fingerprint density at radius 2 is 1.84 bits per heavy atom. The largest absolute Gasteiger partial charge is 0.355 e. The smallest absolute Gasteiger partial charge is 0.270 e. The molecule has 25 heavy (non-hydrogen) atoms. The molecule has 6 heteroatoms. The molecular formula is C19H27N5O. The minimum Gasteiger partial charge on any atom is -0.355 e. The van der Waals surface area contributed by atoms with E-state index in [1.54, 1.807) is 6.07 Å². The Balaban J connectivity index is 2.02. The van der Waals surface area contributed by atoms with Gasteiger partial charge in [-0.2, -0.15) is 0 Å². The van der Waals surface area contributed by atoms with Gasteiger partial charge in [0, 0.05) is 26.2 Å². The molecule has 0 saturated carbocycles. The molecular weight excluding hydrogens is 314 g/mol. The SMILES string of the molecule is Cc1nc(C(=O)NCCCN(C)C)cc(N(C)Cc2ccccc2)n1. The third kappa shape index (κ3) is 6.15. The number of benzene rings is 1. The van der Waals surface area contributed by atoms with Crippen molar-refractivity contribution >= 4 is 11.7 Å². The molecule has 0 bridgehead atoms. The maximum Gasteiger partial charge on any atom is 0.270 e. The maximum atomic E-state index is 12.3. The highest BCUT2D eigenvalue weighted by Crippen LogP contribution is 2.14. The van der Waals surface area contributed by atoms with Crippen LogP contribution in [0.3, 0.4) is 0 Å². The average molecular weight is 341 g/mol. The van der Waals surface area contributed by atoms with Gasteiger partial charge in [0.15, 0.2) is 0 Å². The van der Waals surface area contributed by atoms with Crippen LogP contribution >= 0.6 is 0 Å². The first-order valence-electron chi connectivity index (χ1n) is 8.49. The van der Waals surface area contributed by atoms with Gasteiger partial charge in [0.05, 0.1) is 0 Å². The molecule has 0 spiro atoms. The van der Waals surface area contributed by atoms with Crippen LogP contribution in [0, 0.1) is 6.92 Å². The summed E-state index contributed by atoms with van der Waals surface area (Å²) < 4.78 is 0. The number of carbonyl (C=O) groups is 1. The Kier molecular flexibility index (Phi) is 6.89. The van der Waals surface area contributed by atoms with Crippen molar-refractivity contribution in [3.05, 3.63) is 53.5 Å². The zero-order valence-corrected chi connectivity index (χ0v) is 15.5. The molecule has 0 fully saturated rings. The fraction of sp³-hybridized carbons (Fsp3) is 0.421. The highest BCUT2D eigenvalue weighted by molar-refractivity contribution is 5.92. The highest BCUT2D eigenvalue weighted by Gasteiger charge is 2.12. The predicted molar refractivity (Wildman–Crippen MR) is 101 cm³/mol. The molecule has 1 N–H and O–H groups in total. The molecule has 0 aliphatic rings. The van der Waals surface area contributed by atoms with Crippen LogP contribution in [0.15, 0.2) is 36.4 Å². The number of anilines is 1. The Labute approximate surface area is 149 Å². The summed E-state index contributed by atoms with van der Waals surface area (Å²) in [5, 5.41) is 2.92. The van der Waals surface area contributed by atoms with Gasteiger partial charge < -0.3 is 15.1 Å². The van der Waals surface area contributed by atoms with E-state index >= 15 is 0 Å². The van der Waals surface area contributed by atoms with Gasteiger partial charge in [-0.3, -0.25) is 4.79 Å². The van der Waals surface area contributed by atoms with E-state index in [-0.39, 0.29) is 5.91 Å². The molecule has 134 valence electrons. The van der Waals surface area contributed by atoms with Gasteiger partial charge in [0.25, 0.3) is 5.91 Å². The molecule has 1 amide bonds. The van der Waals surface area contributed by atoms with Crippen LogP contribution in [0.4, 0.5) is 5.82 Å². The molecule has 2 aromatic rings. The van der Waals surface area contributed by atoms with E-state index in [4.69, 9.17) is 0 Å². The lowest BCUT2D eigenvalue weighted by atomic mass is 10.2. The molecule has 6 nitrogen and oxygen atoms in total. The third-order valence-electron chi connectivity index (χ3n) is 3.78. The van der Waals surface area contributed by atoms with Crippen LogP contribution in [-0.2, 0) is 6.54 Å². The number of carbonyl (C=O) groups excluding carboxylic acids is 1. The van der Waals surface area contributed by atoms with E-state index < -0.39 is 0 Å². The van der Waals surface area contributed by atoms with Crippen LogP contribution < -0.4 is 10.2 Å². The number of rotatable bonds is 8. The first-order chi connectivity index (χ1) is 12.0. The fourth-order valence-electron chi connectivity index (χ4n) is 2.49. The van der Waals surface area contributed by atoms with Crippen molar-refractivity contribution < 1.29 is 4.79 Å². The van der Waals surface area contributed by atoms with Crippen LogP contribution in [0.25, 0.3) is 0 Å². The number of nitrogens with zero attached hydrogens (tertiary/aromatic N) is 4. The molecule has 1 heterocycles. The second-order valence-electron chi connectivity index (χ2n) is 6.41. The van der Waals surface area contributed by atoms with Crippen molar-refractivity contribution in [2.24, 2.45) is 0 Å². The highest BCUT2D eigenvalue weighted by atomic mass is 16.1. The summed E-state index contributed by atoms with van der Waals surface area (Å²) in [7, 11) is 6.00. The molecule has 2 rings (SSSR count). The third-order valence-corrected chi connectivity index (χ3v) is 3.78. The second kappa shape index (κ2) is 9.13. The van der Waals surface area contributed by atoms with Crippen LogP contribution in [0.1, 0.15) is 28.3 Å². The molecule has 1 aromatic heterocycles. The average Bonchev–Trinajstić information content (AvgIpc) is 2.58. The zero-order valence-electron chi connectivity index (χ0n) is 15.5.